The number of nitro groups is 1. The fraction of sp³-hybridized carbons (Fsp3) is 0.462. The predicted octanol–water partition coefficient (Wildman–Crippen LogP) is 2.42. The number of carbonyl (C=O) groups is 1. The van der Waals surface area contributed by atoms with E-state index < -0.39 is 10.8 Å². The summed E-state index contributed by atoms with van der Waals surface area (Å²) >= 11 is 0. The van der Waals surface area contributed by atoms with E-state index in [9.17, 15) is 20.0 Å². The van der Waals surface area contributed by atoms with Crippen molar-refractivity contribution in [3.05, 3.63) is 33.9 Å². The minimum absolute atomic E-state index is 0.100. The first-order chi connectivity index (χ1) is 8.61. The molecule has 0 unspecified atom stereocenters. The molecule has 1 aromatic carbocycles. The first-order valence-corrected chi connectivity index (χ1v) is 5.85. The number of hydrogen-bond acceptors (Lipinski definition) is 4. The molecule has 0 saturated carbocycles. The summed E-state index contributed by atoms with van der Waals surface area (Å²) in [6, 6.07) is 3.45. The minimum atomic E-state index is -0.627. The highest BCUT2D eigenvalue weighted by Crippen LogP contribution is 2.25. The molecule has 0 aliphatic carbocycles. The fourth-order valence-electron chi connectivity index (χ4n) is 1.84. The van der Waals surface area contributed by atoms with Gasteiger partial charge in [-0.1, -0.05) is 20.8 Å². The monoisotopic (exact) mass is 266 g/mol. The fourth-order valence-corrected chi connectivity index (χ4v) is 1.84. The van der Waals surface area contributed by atoms with Crippen molar-refractivity contribution in [1.29, 1.82) is 0 Å². The van der Waals surface area contributed by atoms with Crippen LogP contribution in [0.1, 0.15) is 31.1 Å². The Morgan fingerprint density at radius 3 is 2.47 bits per heavy atom. The van der Waals surface area contributed by atoms with Crippen molar-refractivity contribution < 1.29 is 14.8 Å². The average molecular weight is 266 g/mol. The van der Waals surface area contributed by atoms with Crippen LogP contribution in [0.25, 0.3) is 0 Å². The zero-order valence-corrected chi connectivity index (χ0v) is 11.5. The third-order valence-electron chi connectivity index (χ3n) is 2.47. The number of amides is 1. The molecule has 1 rings (SSSR count). The van der Waals surface area contributed by atoms with Crippen LogP contribution in [0.5, 0.6) is 5.75 Å². The van der Waals surface area contributed by atoms with Gasteiger partial charge in [0.05, 0.1) is 4.92 Å². The van der Waals surface area contributed by atoms with Crippen molar-refractivity contribution in [1.82, 2.24) is 4.90 Å². The molecule has 19 heavy (non-hydrogen) atoms. The van der Waals surface area contributed by atoms with Crippen molar-refractivity contribution in [2.75, 3.05) is 13.6 Å². The lowest BCUT2D eigenvalue weighted by Crippen LogP contribution is -2.34. The topological polar surface area (TPSA) is 83.7 Å². The van der Waals surface area contributed by atoms with Gasteiger partial charge in [-0.3, -0.25) is 14.9 Å². The maximum atomic E-state index is 12.2. The number of rotatable bonds is 3. The number of phenols is 1. The number of aromatic hydroxyl groups is 1. The van der Waals surface area contributed by atoms with Crippen LogP contribution < -0.4 is 0 Å². The highest BCUT2D eigenvalue weighted by atomic mass is 16.6. The van der Waals surface area contributed by atoms with Crippen LogP contribution in [0.4, 0.5) is 5.69 Å². The zero-order valence-electron chi connectivity index (χ0n) is 11.5. The summed E-state index contributed by atoms with van der Waals surface area (Å²) in [5.74, 6) is -0.643. The van der Waals surface area contributed by atoms with Crippen LogP contribution in [0.2, 0.25) is 0 Å². The average Bonchev–Trinajstić information content (AvgIpc) is 2.25. The molecule has 1 amide bonds. The van der Waals surface area contributed by atoms with Gasteiger partial charge in [-0.2, -0.15) is 0 Å². The van der Waals surface area contributed by atoms with Gasteiger partial charge < -0.3 is 10.0 Å². The third kappa shape index (κ3) is 3.94. The van der Waals surface area contributed by atoms with Gasteiger partial charge in [0.25, 0.3) is 11.6 Å². The van der Waals surface area contributed by atoms with Gasteiger partial charge in [-0.05, 0) is 17.5 Å². The Morgan fingerprint density at radius 2 is 2.00 bits per heavy atom. The first-order valence-electron chi connectivity index (χ1n) is 5.85. The maximum Gasteiger partial charge on any atom is 0.282 e. The van der Waals surface area contributed by atoms with Gasteiger partial charge in [-0.15, -0.1) is 0 Å². The van der Waals surface area contributed by atoms with Crippen molar-refractivity contribution in [3.8, 4) is 5.75 Å². The first kappa shape index (κ1) is 14.9. The Labute approximate surface area is 111 Å². The Hall–Kier alpha value is -2.11. The van der Waals surface area contributed by atoms with E-state index in [1.54, 1.807) is 7.05 Å². The van der Waals surface area contributed by atoms with E-state index in [2.05, 4.69) is 0 Å². The molecule has 0 aliphatic rings. The molecule has 6 heteroatoms. The number of benzene rings is 1. The Kier molecular flexibility index (Phi) is 4.14. The Balaban J connectivity index is 3.11. The standard InChI is InChI=1S/C13H18N2O4/c1-13(2,3)8-14(4)12(17)10-7-9(16)5-6-11(10)15(18)19/h5-7,16H,8H2,1-4H3. The molecule has 0 aromatic heterocycles. The number of nitrogens with zero attached hydrogens (tertiary/aromatic N) is 2. The molecule has 0 radical (unpaired) electrons. The van der Waals surface area contributed by atoms with Crippen LogP contribution in [-0.2, 0) is 0 Å². The van der Waals surface area contributed by atoms with E-state index in [1.165, 1.54) is 11.0 Å². The van der Waals surface area contributed by atoms with Crippen LogP contribution >= 0.6 is 0 Å². The van der Waals surface area contributed by atoms with Crippen LogP contribution in [0.3, 0.4) is 0 Å². The summed E-state index contributed by atoms with van der Waals surface area (Å²) in [6.45, 7) is 6.35. The Bertz CT molecular complexity index is 506. The minimum Gasteiger partial charge on any atom is -0.508 e. The number of phenolic OH excluding ortho intramolecular Hbond substituents is 1. The van der Waals surface area contributed by atoms with Gasteiger partial charge in [0, 0.05) is 19.7 Å². The summed E-state index contributed by atoms with van der Waals surface area (Å²) in [6.07, 6.45) is 0. The van der Waals surface area contributed by atoms with Crippen molar-refractivity contribution in [3.63, 3.8) is 0 Å². The summed E-state index contributed by atoms with van der Waals surface area (Å²) < 4.78 is 0. The summed E-state index contributed by atoms with van der Waals surface area (Å²) in [4.78, 5) is 23.9. The smallest absolute Gasteiger partial charge is 0.282 e. The molecule has 0 heterocycles. The SMILES string of the molecule is CN(CC(C)(C)C)C(=O)c1cc(O)ccc1[N+](=O)[O-]. The maximum absolute atomic E-state index is 12.2. The van der Waals surface area contributed by atoms with E-state index in [0.717, 1.165) is 12.1 Å². The van der Waals surface area contributed by atoms with Gasteiger partial charge in [0.2, 0.25) is 0 Å². The molecule has 0 bridgehead atoms. The molecule has 6 nitrogen and oxygen atoms in total. The molecule has 1 N–H and O–H groups in total. The summed E-state index contributed by atoms with van der Waals surface area (Å²) in [5, 5.41) is 20.3. The highest BCUT2D eigenvalue weighted by molar-refractivity contribution is 5.98. The largest absolute Gasteiger partial charge is 0.508 e. The van der Waals surface area contributed by atoms with Crippen LogP contribution in [-0.4, -0.2) is 34.4 Å². The van der Waals surface area contributed by atoms with E-state index in [0.29, 0.717) is 6.54 Å². The quantitative estimate of drug-likeness (QED) is 0.672. The number of hydrogen-bond donors (Lipinski definition) is 1. The Morgan fingerprint density at radius 1 is 1.42 bits per heavy atom. The molecule has 0 fully saturated rings. The third-order valence-corrected chi connectivity index (χ3v) is 2.47. The van der Waals surface area contributed by atoms with E-state index in [1.807, 2.05) is 20.8 Å². The lowest BCUT2D eigenvalue weighted by molar-refractivity contribution is -0.385. The van der Waals surface area contributed by atoms with Crippen molar-refractivity contribution >= 4 is 11.6 Å². The van der Waals surface area contributed by atoms with E-state index in [-0.39, 0.29) is 22.4 Å². The van der Waals surface area contributed by atoms with Gasteiger partial charge in [-0.25, -0.2) is 0 Å². The second-order valence-corrected chi connectivity index (χ2v) is 5.68. The lowest BCUT2D eigenvalue weighted by atomic mass is 9.96. The normalized spacial score (nSPS) is 11.2. The second-order valence-electron chi connectivity index (χ2n) is 5.68. The molecule has 0 aliphatic heterocycles. The second kappa shape index (κ2) is 5.26. The van der Waals surface area contributed by atoms with Crippen LogP contribution in [0.15, 0.2) is 18.2 Å². The summed E-state index contributed by atoms with van der Waals surface area (Å²) in [5.41, 5.74) is -0.518. The van der Waals surface area contributed by atoms with E-state index in [4.69, 9.17) is 0 Å². The van der Waals surface area contributed by atoms with Crippen molar-refractivity contribution in [2.45, 2.75) is 20.8 Å². The molecule has 0 spiro atoms. The molecular formula is C13H18N2O4. The molecule has 104 valence electrons. The van der Waals surface area contributed by atoms with Crippen LogP contribution in [0, 0.1) is 15.5 Å². The highest BCUT2D eigenvalue weighted by Gasteiger charge is 2.25. The number of carbonyl (C=O) groups excluding carboxylic acids is 1. The van der Waals surface area contributed by atoms with Gasteiger partial charge >= 0.3 is 0 Å². The molecule has 0 atom stereocenters. The van der Waals surface area contributed by atoms with Gasteiger partial charge in [0.1, 0.15) is 11.3 Å². The zero-order chi connectivity index (χ0) is 14.8. The molecule has 0 saturated heterocycles. The van der Waals surface area contributed by atoms with E-state index >= 15 is 0 Å². The molecule has 1 aromatic rings. The lowest BCUT2D eigenvalue weighted by Gasteiger charge is -2.26. The predicted molar refractivity (Wildman–Crippen MR) is 71.2 cm³/mol. The molecular weight excluding hydrogens is 248 g/mol. The van der Waals surface area contributed by atoms with Gasteiger partial charge in [0.15, 0.2) is 0 Å². The summed E-state index contributed by atoms with van der Waals surface area (Å²) in [7, 11) is 1.58. The number of nitro benzene ring substituents is 1. The van der Waals surface area contributed by atoms with Crippen molar-refractivity contribution in [2.24, 2.45) is 5.41 Å².